The van der Waals surface area contributed by atoms with E-state index < -0.39 is 0 Å². The fourth-order valence-electron chi connectivity index (χ4n) is 2.31. The molecule has 2 N–H and O–H groups in total. The molecule has 0 fully saturated rings. The molecular formula is C18H20Cl2N2O. The van der Waals surface area contributed by atoms with Crippen molar-refractivity contribution in [2.24, 2.45) is 0 Å². The van der Waals surface area contributed by atoms with Crippen LogP contribution in [0.2, 0.25) is 10.0 Å². The topological polar surface area (TPSA) is 46.3 Å². The van der Waals surface area contributed by atoms with Crippen LogP contribution in [0.15, 0.2) is 42.5 Å². The second kappa shape index (κ2) is 7.71. The minimum absolute atomic E-state index is 0.0656. The van der Waals surface area contributed by atoms with Gasteiger partial charge in [0.05, 0.1) is 16.5 Å². The molecule has 23 heavy (non-hydrogen) atoms. The SMILES string of the molecule is CC(C)N(Cc1ccc(Cl)c(Cl)c1)C(=O)Cc1ccc(N)cc1. The smallest absolute Gasteiger partial charge is 0.227 e. The van der Waals surface area contributed by atoms with E-state index in [1.54, 1.807) is 24.3 Å². The number of anilines is 1. The molecule has 0 spiro atoms. The zero-order valence-corrected chi connectivity index (χ0v) is 14.7. The van der Waals surface area contributed by atoms with E-state index in [0.29, 0.717) is 28.7 Å². The van der Waals surface area contributed by atoms with Gasteiger partial charge in [-0.3, -0.25) is 4.79 Å². The van der Waals surface area contributed by atoms with Crippen LogP contribution in [0.3, 0.4) is 0 Å². The summed E-state index contributed by atoms with van der Waals surface area (Å²) in [4.78, 5) is 14.5. The van der Waals surface area contributed by atoms with E-state index in [-0.39, 0.29) is 11.9 Å². The Morgan fingerprint density at radius 2 is 1.65 bits per heavy atom. The van der Waals surface area contributed by atoms with Crippen LogP contribution in [0.4, 0.5) is 5.69 Å². The Kier molecular flexibility index (Phi) is 5.91. The summed E-state index contributed by atoms with van der Waals surface area (Å²) < 4.78 is 0. The van der Waals surface area contributed by atoms with Crippen molar-refractivity contribution in [1.82, 2.24) is 4.90 Å². The predicted octanol–water partition coefficient (Wildman–Crippen LogP) is 4.56. The van der Waals surface area contributed by atoms with Crippen molar-refractivity contribution < 1.29 is 4.79 Å². The highest BCUT2D eigenvalue weighted by Crippen LogP contribution is 2.24. The summed E-state index contributed by atoms with van der Waals surface area (Å²) in [5, 5.41) is 1.01. The number of hydrogen-bond donors (Lipinski definition) is 1. The average molecular weight is 351 g/mol. The van der Waals surface area contributed by atoms with Crippen molar-refractivity contribution in [2.45, 2.75) is 32.9 Å². The molecule has 0 radical (unpaired) electrons. The third-order valence-corrected chi connectivity index (χ3v) is 4.35. The van der Waals surface area contributed by atoms with Crippen LogP contribution in [0.5, 0.6) is 0 Å². The number of carbonyl (C=O) groups excluding carboxylic acids is 1. The van der Waals surface area contributed by atoms with Crippen LogP contribution in [0.1, 0.15) is 25.0 Å². The molecule has 0 saturated heterocycles. The third-order valence-electron chi connectivity index (χ3n) is 3.62. The Morgan fingerprint density at radius 3 is 2.22 bits per heavy atom. The lowest BCUT2D eigenvalue weighted by Crippen LogP contribution is -2.37. The molecule has 0 aliphatic heterocycles. The van der Waals surface area contributed by atoms with Crippen molar-refractivity contribution >= 4 is 34.8 Å². The lowest BCUT2D eigenvalue weighted by Gasteiger charge is -2.27. The molecule has 0 aromatic heterocycles. The third kappa shape index (κ3) is 4.88. The highest BCUT2D eigenvalue weighted by molar-refractivity contribution is 6.42. The molecule has 0 bridgehead atoms. The standard InChI is InChI=1S/C18H20Cl2N2O/c1-12(2)22(11-14-5-8-16(19)17(20)9-14)18(23)10-13-3-6-15(21)7-4-13/h3-9,12H,10-11,21H2,1-2H3. The summed E-state index contributed by atoms with van der Waals surface area (Å²) in [5.74, 6) is 0.0656. The summed E-state index contributed by atoms with van der Waals surface area (Å²) >= 11 is 12.0. The molecule has 0 unspecified atom stereocenters. The fraction of sp³-hybridized carbons (Fsp3) is 0.278. The summed E-state index contributed by atoms with van der Waals surface area (Å²) in [6, 6.07) is 12.9. The van der Waals surface area contributed by atoms with E-state index in [9.17, 15) is 4.79 Å². The van der Waals surface area contributed by atoms with Gasteiger partial charge in [-0.1, -0.05) is 41.4 Å². The lowest BCUT2D eigenvalue weighted by atomic mass is 10.1. The minimum Gasteiger partial charge on any atom is -0.399 e. The van der Waals surface area contributed by atoms with Gasteiger partial charge in [0.1, 0.15) is 0 Å². The van der Waals surface area contributed by atoms with Crippen molar-refractivity contribution in [3.8, 4) is 0 Å². The van der Waals surface area contributed by atoms with E-state index in [1.807, 2.05) is 36.9 Å². The number of carbonyl (C=O) groups is 1. The second-order valence-electron chi connectivity index (χ2n) is 5.78. The number of amides is 1. The maximum atomic E-state index is 12.6. The average Bonchev–Trinajstić information content (AvgIpc) is 2.50. The van der Waals surface area contributed by atoms with Crippen LogP contribution >= 0.6 is 23.2 Å². The molecule has 0 aliphatic rings. The number of nitrogens with two attached hydrogens (primary N) is 1. The van der Waals surface area contributed by atoms with Crippen molar-refractivity contribution in [1.29, 1.82) is 0 Å². The molecular weight excluding hydrogens is 331 g/mol. The normalized spacial score (nSPS) is 10.8. The maximum Gasteiger partial charge on any atom is 0.227 e. The van der Waals surface area contributed by atoms with Gasteiger partial charge in [-0.25, -0.2) is 0 Å². The molecule has 2 rings (SSSR count). The van der Waals surface area contributed by atoms with Gasteiger partial charge in [0.2, 0.25) is 5.91 Å². The first-order valence-electron chi connectivity index (χ1n) is 7.44. The van der Waals surface area contributed by atoms with Crippen molar-refractivity contribution in [3.63, 3.8) is 0 Å². The van der Waals surface area contributed by atoms with Gasteiger partial charge in [-0.05, 0) is 49.2 Å². The lowest BCUT2D eigenvalue weighted by molar-refractivity contribution is -0.132. The summed E-state index contributed by atoms with van der Waals surface area (Å²) in [7, 11) is 0. The molecule has 0 saturated carbocycles. The summed E-state index contributed by atoms with van der Waals surface area (Å²) in [5.41, 5.74) is 8.27. The van der Waals surface area contributed by atoms with Gasteiger partial charge >= 0.3 is 0 Å². The Morgan fingerprint density at radius 1 is 1.04 bits per heavy atom. The largest absolute Gasteiger partial charge is 0.399 e. The van der Waals surface area contributed by atoms with Gasteiger partial charge in [0.25, 0.3) is 0 Å². The molecule has 1 amide bonds. The molecule has 2 aromatic rings. The summed E-state index contributed by atoms with van der Waals surface area (Å²) in [6.45, 7) is 4.50. The Labute approximate surface area is 147 Å². The Hall–Kier alpha value is -1.71. The van der Waals surface area contributed by atoms with Gasteiger partial charge in [0.15, 0.2) is 0 Å². The van der Waals surface area contributed by atoms with Crippen molar-refractivity contribution in [3.05, 3.63) is 63.6 Å². The Bertz CT molecular complexity index is 684. The minimum atomic E-state index is 0.0656. The van der Waals surface area contributed by atoms with E-state index in [0.717, 1.165) is 11.1 Å². The number of hydrogen-bond acceptors (Lipinski definition) is 2. The first-order chi connectivity index (χ1) is 10.9. The highest BCUT2D eigenvalue weighted by Gasteiger charge is 2.18. The van der Waals surface area contributed by atoms with E-state index in [2.05, 4.69) is 0 Å². The summed E-state index contributed by atoms with van der Waals surface area (Å²) in [6.07, 6.45) is 0.347. The highest BCUT2D eigenvalue weighted by atomic mass is 35.5. The van der Waals surface area contributed by atoms with Crippen LogP contribution in [-0.4, -0.2) is 16.8 Å². The van der Waals surface area contributed by atoms with Crippen molar-refractivity contribution in [2.75, 3.05) is 5.73 Å². The molecule has 122 valence electrons. The number of halogens is 2. The first kappa shape index (κ1) is 17.6. The predicted molar refractivity (Wildman–Crippen MR) is 96.7 cm³/mol. The van der Waals surface area contributed by atoms with Gasteiger partial charge in [-0.15, -0.1) is 0 Å². The van der Waals surface area contributed by atoms with E-state index >= 15 is 0 Å². The first-order valence-corrected chi connectivity index (χ1v) is 8.20. The fourth-order valence-corrected chi connectivity index (χ4v) is 2.63. The number of benzene rings is 2. The number of nitrogen functional groups attached to an aromatic ring is 1. The molecule has 0 aliphatic carbocycles. The maximum absolute atomic E-state index is 12.6. The molecule has 0 atom stereocenters. The quantitative estimate of drug-likeness (QED) is 0.803. The van der Waals surface area contributed by atoms with Gasteiger partial charge in [0, 0.05) is 18.3 Å². The second-order valence-corrected chi connectivity index (χ2v) is 6.60. The van der Waals surface area contributed by atoms with E-state index in [4.69, 9.17) is 28.9 Å². The molecule has 0 heterocycles. The molecule has 2 aromatic carbocycles. The van der Waals surface area contributed by atoms with Gasteiger partial charge < -0.3 is 10.6 Å². The zero-order chi connectivity index (χ0) is 17.0. The van der Waals surface area contributed by atoms with Crippen LogP contribution < -0.4 is 5.73 Å². The van der Waals surface area contributed by atoms with E-state index in [1.165, 1.54) is 0 Å². The van der Waals surface area contributed by atoms with Crippen LogP contribution in [-0.2, 0) is 17.8 Å². The molecule has 5 heteroatoms. The number of rotatable bonds is 5. The van der Waals surface area contributed by atoms with Gasteiger partial charge in [-0.2, -0.15) is 0 Å². The number of nitrogens with zero attached hydrogens (tertiary/aromatic N) is 1. The van der Waals surface area contributed by atoms with Crippen LogP contribution in [0.25, 0.3) is 0 Å². The Balaban J connectivity index is 2.12. The van der Waals surface area contributed by atoms with Crippen LogP contribution in [0, 0.1) is 0 Å². The monoisotopic (exact) mass is 350 g/mol. The zero-order valence-electron chi connectivity index (χ0n) is 13.2. The molecule has 3 nitrogen and oxygen atoms in total.